The lowest BCUT2D eigenvalue weighted by atomic mass is 10.1. The molecule has 2 unspecified atom stereocenters. The van der Waals surface area contributed by atoms with Gasteiger partial charge in [-0.05, 0) is 25.3 Å². The van der Waals surface area contributed by atoms with Crippen molar-refractivity contribution >= 4 is 5.91 Å². The molecule has 0 saturated carbocycles. The Bertz CT molecular complexity index is 595. The molecular formula is C17H23N3O2. The first kappa shape index (κ1) is 16.2. The van der Waals surface area contributed by atoms with Gasteiger partial charge in [0.1, 0.15) is 6.26 Å². The van der Waals surface area contributed by atoms with Crippen molar-refractivity contribution in [2.24, 2.45) is 5.73 Å². The van der Waals surface area contributed by atoms with E-state index in [-0.39, 0.29) is 23.7 Å². The molecule has 5 heteroatoms. The molecule has 3 N–H and O–H groups in total. The Kier molecular flexibility index (Phi) is 5.72. The van der Waals surface area contributed by atoms with Crippen molar-refractivity contribution in [3.05, 3.63) is 53.7 Å². The fraction of sp³-hybridized carbons (Fsp3) is 0.412. The van der Waals surface area contributed by atoms with Crippen LogP contribution in [0.25, 0.3) is 0 Å². The van der Waals surface area contributed by atoms with Gasteiger partial charge in [0, 0.05) is 6.04 Å². The summed E-state index contributed by atoms with van der Waals surface area (Å²) in [6.45, 7) is 4.06. The highest BCUT2D eigenvalue weighted by molar-refractivity contribution is 5.92. The number of aromatic nitrogens is 1. The largest absolute Gasteiger partial charge is 0.446 e. The predicted molar refractivity (Wildman–Crippen MR) is 85.4 cm³/mol. The molecule has 2 rings (SSSR count). The summed E-state index contributed by atoms with van der Waals surface area (Å²) >= 11 is 0. The third-order valence-electron chi connectivity index (χ3n) is 3.47. The Morgan fingerprint density at radius 2 is 2.09 bits per heavy atom. The van der Waals surface area contributed by atoms with Crippen molar-refractivity contribution in [1.82, 2.24) is 10.3 Å². The lowest BCUT2D eigenvalue weighted by Gasteiger charge is -2.10. The number of nitrogens with two attached hydrogens (primary N) is 1. The van der Waals surface area contributed by atoms with Gasteiger partial charge in [-0.2, -0.15) is 0 Å². The number of carbonyl (C=O) groups is 1. The van der Waals surface area contributed by atoms with E-state index in [2.05, 4.69) is 17.2 Å². The maximum Gasteiger partial charge on any atom is 0.273 e. The summed E-state index contributed by atoms with van der Waals surface area (Å²) in [6, 6.07) is 9.65. The number of rotatable bonds is 7. The van der Waals surface area contributed by atoms with E-state index in [9.17, 15) is 4.79 Å². The van der Waals surface area contributed by atoms with Gasteiger partial charge >= 0.3 is 0 Å². The minimum absolute atomic E-state index is 0.121. The maximum absolute atomic E-state index is 12.0. The summed E-state index contributed by atoms with van der Waals surface area (Å²) in [4.78, 5) is 16.3. The first-order valence-corrected chi connectivity index (χ1v) is 7.66. The Balaban J connectivity index is 1.97. The van der Waals surface area contributed by atoms with E-state index >= 15 is 0 Å². The van der Waals surface area contributed by atoms with Crippen LogP contribution < -0.4 is 11.1 Å². The van der Waals surface area contributed by atoms with Crippen LogP contribution in [0.5, 0.6) is 0 Å². The molecule has 0 spiro atoms. The summed E-state index contributed by atoms with van der Waals surface area (Å²) in [5.74, 6) is 0.167. The molecule has 0 aliphatic heterocycles. The van der Waals surface area contributed by atoms with Gasteiger partial charge in [-0.3, -0.25) is 4.79 Å². The van der Waals surface area contributed by atoms with Crippen LogP contribution in [0, 0.1) is 0 Å². The van der Waals surface area contributed by atoms with Crippen molar-refractivity contribution < 1.29 is 9.21 Å². The third-order valence-corrected chi connectivity index (χ3v) is 3.47. The van der Waals surface area contributed by atoms with Crippen LogP contribution in [0.1, 0.15) is 54.7 Å². The Labute approximate surface area is 130 Å². The topological polar surface area (TPSA) is 81.2 Å². The number of hydrogen-bond donors (Lipinski definition) is 2. The molecule has 0 bridgehead atoms. The number of carbonyl (C=O) groups excluding carboxylic acids is 1. The second kappa shape index (κ2) is 7.75. The highest BCUT2D eigenvalue weighted by Gasteiger charge is 2.18. The highest BCUT2D eigenvalue weighted by Crippen LogP contribution is 2.15. The molecule has 5 nitrogen and oxygen atoms in total. The predicted octanol–water partition coefficient (Wildman–Crippen LogP) is 2.84. The van der Waals surface area contributed by atoms with Crippen LogP contribution in [-0.2, 0) is 6.42 Å². The van der Waals surface area contributed by atoms with Crippen molar-refractivity contribution in [3.63, 3.8) is 0 Å². The zero-order valence-electron chi connectivity index (χ0n) is 13.1. The molecular weight excluding hydrogens is 278 g/mol. The molecule has 0 saturated heterocycles. The van der Waals surface area contributed by atoms with Gasteiger partial charge < -0.3 is 15.5 Å². The van der Waals surface area contributed by atoms with Crippen LogP contribution in [0.2, 0.25) is 0 Å². The van der Waals surface area contributed by atoms with E-state index in [0.717, 1.165) is 18.4 Å². The first-order chi connectivity index (χ1) is 10.6. The molecule has 2 atom stereocenters. The van der Waals surface area contributed by atoms with Gasteiger partial charge in [-0.25, -0.2) is 4.98 Å². The van der Waals surface area contributed by atoms with Gasteiger partial charge in [-0.1, -0.05) is 43.7 Å². The number of amides is 1. The third kappa shape index (κ3) is 4.43. The zero-order valence-corrected chi connectivity index (χ0v) is 13.1. The van der Waals surface area contributed by atoms with Crippen molar-refractivity contribution in [3.8, 4) is 0 Å². The van der Waals surface area contributed by atoms with Gasteiger partial charge in [-0.15, -0.1) is 0 Å². The average molecular weight is 301 g/mol. The normalized spacial score (nSPS) is 13.6. The second-order valence-corrected chi connectivity index (χ2v) is 5.53. The summed E-state index contributed by atoms with van der Waals surface area (Å²) in [5.41, 5.74) is 7.49. The molecule has 1 aromatic heterocycles. The quantitative estimate of drug-likeness (QED) is 0.824. The number of oxazole rings is 1. The number of nitrogens with zero attached hydrogens (tertiary/aromatic N) is 1. The molecule has 22 heavy (non-hydrogen) atoms. The van der Waals surface area contributed by atoms with E-state index < -0.39 is 0 Å². The molecule has 0 aliphatic carbocycles. The van der Waals surface area contributed by atoms with Crippen molar-refractivity contribution in [2.75, 3.05) is 0 Å². The SMILES string of the molecule is CCCC(C)NC(=O)c1coc(C(N)Cc2ccccc2)n1. The maximum atomic E-state index is 12.0. The minimum Gasteiger partial charge on any atom is -0.446 e. The Morgan fingerprint density at radius 1 is 1.36 bits per heavy atom. The fourth-order valence-corrected chi connectivity index (χ4v) is 2.32. The molecule has 1 amide bonds. The lowest BCUT2D eigenvalue weighted by Crippen LogP contribution is -2.32. The van der Waals surface area contributed by atoms with E-state index in [1.165, 1.54) is 6.26 Å². The fourth-order valence-electron chi connectivity index (χ4n) is 2.32. The van der Waals surface area contributed by atoms with Gasteiger partial charge in [0.2, 0.25) is 5.89 Å². The van der Waals surface area contributed by atoms with Crippen LogP contribution in [0.15, 0.2) is 41.0 Å². The number of benzene rings is 1. The standard InChI is InChI=1S/C17H23N3O2/c1-3-7-12(2)19-16(21)15-11-22-17(20-15)14(18)10-13-8-5-4-6-9-13/h4-6,8-9,11-12,14H,3,7,10,18H2,1-2H3,(H,19,21). The summed E-state index contributed by atoms with van der Waals surface area (Å²) < 4.78 is 5.36. The monoisotopic (exact) mass is 301 g/mol. The van der Waals surface area contributed by atoms with E-state index in [4.69, 9.17) is 10.2 Å². The van der Waals surface area contributed by atoms with E-state index in [1.807, 2.05) is 37.3 Å². The summed E-state index contributed by atoms with van der Waals surface area (Å²) in [7, 11) is 0. The summed E-state index contributed by atoms with van der Waals surface area (Å²) in [5, 5.41) is 2.90. The molecule has 1 aromatic carbocycles. The average Bonchev–Trinajstić information content (AvgIpc) is 2.98. The van der Waals surface area contributed by atoms with E-state index in [0.29, 0.717) is 12.3 Å². The molecule has 0 radical (unpaired) electrons. The minimum atomic E-state index is -0.364. The lowest BCUT2D eigenvalue weighted by molar-refractivity contribution is 0.0933. The van der Waals surface area contributed by atoms with Crippen molar-refractivity contribution in [2.45, 2.75) is 45.2 Å². The van der Waals surface area contributed by atoms with E-state index in [1.54, 1.807) is 0 Å². The van der Waals surface area contributed by atoms with Gasteiger partial charge in [0.05, 0.1) is 6.04 Å². The summed E-state index contributed by atoms with van der Waals surface area (Å²) in [6.07, 6.45) is 3.94. The highest BCUT2D eigenvalue weighted by atomic mass is 16.3. The molecule has 1 heterocycles. The Hall–Kier alpha value is -2.14. The molecule has 118 valence electrons. The van der Waals surface area contributed by atoms with Crippen molar-refractivity contribution in [1.29, 1.82) is 0 Å². The van der Waals surface area contributed by atoms with Crippen LogP contribution in [0.3, 0.4) is 0 Å². The second-order valence-electron chi connectivity index (χ2n) is 5.53. The smallest absolute Gasteiger partial charge is 0.273 e. The van der Waals surface area contributed by atoms with Gasteiger partial charge in [0.15, 0.2) is 5.69 Å². The van der Waals surface area contributed by atoms with Crippen LogP contribution in [-0.4, -0.2) is 16.9 Å². The zero-order chi connectivity index (χ0) is 15.9. The molecule has 0 fully saturated rings. The van der Waals surface area contributed by atoms with Crippen LogP contribution in [0.4, 0.5) is 0 Å². The first-order valence-electron chi connectivity index (χ1n) is 7.66. The van der Waals surface area contributed by atoms with Crippen LogP contribution >= 0.6 is 0 Å². The molecule has 0 aliphatic rings. The molecule has 2 aromatic rings. The number of hydrogen-bond acceptors (Lipinski definition) is 4. The van der Waals surface area contributed by atoms with Gasteiger partial charge in [0.25, 0.3) is 5.91 Å². The number of nitrogens with one attached hydrogen (secondary N) is 1. The Morgan fingerprint density at radius 3 is 2.77 bits per heavy atom.